The zero-order chi connectivity index (χ0) is 14.0. The molecule has 1 aromatic carbocycles. The van der Waals surface area contributed by atoms with Crippen LogP contribution in [0.15, 0.2) is 18.2 Å². The fourth-order valence-electron chi connectivity index (χ4n) is 2.03. The summed E-state index contributed by atoms with van der Waals surface area (Å²) in [6, 6.07) is 5.04. The van der Waals surface area contributed by atoms with Crippen molar-refractivity contribution in [3.05, 3.63) is 29.3 Å². The summed E-state index contributed by atoms with van der Waals surface area (Å²) >= 11 is 0. The summed E-state index contributed by atoms with van der Waals surface area (Å²) < 4.78 is 16.7. The third-order valence-electron chi connectivity index (χ3n) is 2.92. The van der Waals surface area contributed by atoms with Gasteiger partial charge in [-0.1, -0.05) is 12.1 Å². The fraction of sp³-hybridized carbons (Fsp3) is 0.500. The number of benzene rings is 1. The molecule has 0 aliphatic carbocycles. The minimum absolute atomic E-state index is 0.165. The van der Waals surface area contributed by atoms with Crippen molar-refractivity contribution >= 4 is 5.97 Å². The summed E-state index contributed by atoms with van der Waals surface area (Å²) in [5.41, 5.74) is 0.955. The quantitative estimate of drug-likeness (QED) is 0.905. The third kappa shape index (κ3) is 3.24. The van der Waals surface area contributed by atoms with Crippen molar-refractivity contribution in [1.29, 1.82) is 0 Å². The standard InChI is InChI=1S/C14H18O5/c1-9-5-4-6-11(13(15)16)12(9)17-7-10-8-18-14(2,3)19-10/h4-6,10H,7-8H2,1-3H3,(H,15,16)/t10-/m0/s1. The number of carboxylic acids is 1. The van der Waals surface area contributed by atoms with Gasteiger partial charge in [-0.25, -0.2) is 4.79 Å². The third-order valence-corrected chi connectivity index (χ3v) is 2.92. The molecule has 1 fully saturated rings. The van der Waals surface area contributed by atoms with Gasteiger partial charge in [0.05, 0.1) is 6.61 Å². The minimum Gasteiger partial charge on any atom is -0.490 e. The lowest BCUT2D eigenvalue weighted by atomic mass is 10.1. The van der Waals surface area contributed by atoms with Gasteiger partial charge in [0, 0.05) is 0 Å². The largest absolute Gasteiger partial charge is 0.490 e. The molecular weight excluding hydrogens is 248 g/mol. The van der Waals surface area contributed by atoms with E-state index in [2.05, 4.69) is 0 Å². The number of rotatable bonds is 4. The van der Waals surface area contributed by atoms with E-state index < -0.39 is 11.8 Å². The van der Waals surface area contributed by atoms with E-state index in [0.29, 0.717) is 12.4 Å². The van der Waals surface area contributed by atoms with Gasteiger partial charge in [-0.2, -0.15) is 0 Å². The number of carbonyl (C=O) groups is 1. The second-order valence-corrected chi connectivity index (χ2v) is 5.02. The van der Waals surface area contributed by atoms with Gasteiger partial charge in [-0.05, 0) is 32.4 Å². The molecule has 1 aliphatic rings. The fourth-order valence-corrected chi connectivity index (χ4v) is 2.03. The van der Waals surface area contributed by atoms with Crippen LogP contribution in [-0.4, -0.2) is 36.2 Å². The number of aromatic carboxylic acids is 1. The molecule has 1 atom stereocenters. The molecular formula is C14H18O5. The van der Waals surface area contributed by atoms with E-state index in [9.17, 15) is 4.79 Å². The first-order chi connectivity index (χ1) is 8.89. The van der Waals surface area contributed by atoms with Crippen molar-refractivity contribution < 1.29 is 24.1 Å². The molecule has 1 N–H and O–H groups in total. The Labute approximate surface area is 112 Å². The molecule has 0 radical (unpaired) electrons. The maximum atomic E-state index is 11.1. The molecule has 19 heavy (non-hydrogen) atoms. The monoisotopic (exact) mass is 266 g/mol. The van der Waals surface area contributed by atoms with Crippen LogP contribution >= 0.6 is 0 Å². The van der Waals surface area contributed by atoms with Crippen LogP contribution in [0, 0.1) is 6.92 Å². The van der Waals surface area contributed by atoms with Crippen LogP contribution in [0.3, 0.4) is 0 Å². The van der Waals surface area contributed by atoms with Crippen molar-refractivity contribution in [2.45, 2.75) is 32.7 Å². The van der Waals surface area contributed by atoms with Gasteiger partial charge in [0.2, 0.25) is 0 Å². The van der Waals surface area contributed by atoms with Crippen molar-refractivity contribution in [2.24, 2.45) is 0 Å². The van der Waals surface area contributed by atoms with Gasteiger partial charge in [0.1, 0.15) is 24.0 Å². The topological polar surface area (TPSA) is 65.0 Å². The molecule has 0 unspecified atom stereocenters. The Morgan fingerprint density at radius 2 is 2.26 bits per heavy atom. The molecule has 5 heteroatoms. The second kappa shape index (κ2) is 5.19. The van der Waals surface area contributed by atoms with Crippen LogP contribution in [-0.2, 0) is 9.47 Å². The van der Waals surface area contributed by atoms with E-state index in [1.165, 1.54) is 6.07 Å². The number of carboxylic acid groups (broad SMARTS) is 1. The molecule has 5 nitrogen and oxygen atoms in total. The van der Waals surface area contributed by atoms with Crippen molar-refractivity contribution in [2.75, 3.05) is 13.2 Å². The lowest BCUT2D eigenvalue weighted by Gasteiger charge is -2.18. The lowest BCUT2D eigenvalue weighted by molar-refractivity contribution is -0.141. The maximum Gasteiger partial charge on any atom is 0.339 e. The van der Waals surface area contributed by atoms with Crippen LogP contribution in [0.2, 0.25) is 0 Å². The first-order valence-corrected chi connectivity index (χ1v) is 6.16. The highest BCUT2D eigenvalue weighted by atomic mass is 16.7. The van der Waals surface area contributed by atoms with E-state index in [1.807, 2.05) is 26.8 Å². The number of aryl methyl sites for hydroxylation is 1. The normalized spacial score (nSPS) is 21.3. The second-order valence-electron chi connectivity index (χ2n) is 5.02. The Morgan fingerprint density at radius 1 is 1.53 bits per heavy atom. The molecule has 1 aliphatic heterocycles. The number of ether oxygens (including phenoxy) is 3. The van der Waals surface area contributed by atoms with E-state index in [4.69, 9.17) is 19.3 Å². The predicted octanol–water partition coefficient (Wildman–Crippen LogP) is 2.22. The van der Waals surface area contributed by atoms with E-state index >= 15 is 0 Å². The Kier molecular flexibility index (Phi) is 3.78. The summed E-state index contributed by atoms with van der Waals surface area (Å²) in [6.45, 7) is 6.21. The molecule has 0 aromatic heterocycles. The molecule has 0 saturated carbocycles. The number of hydrogen-bond acceptors (Lipinski definition) is 4. The van der Waals surface area contributed by atoms with E-state index in [-0.39, 0.29) is 18.3 Å². The Bertz CT molecular complexity index is 481. The zero-order valence-corrected chi connectivity index (χ0v) is 11.3. The summed E-state index contributed by atoms with van der Waals surface area (Å²) in [4.78, 5) is 11.1. The molecule has 1 saturated heterocycles. The van der Waals surface area contributed by atoms with Gasteiger partial charge >= 0.3 is 5.97 Å². The summed E-state index contributed by atoms with van der Waals surface area (Å²) in [5.74, 6) is -1.21. The van der Waals surface area contributed by atoms with Crippen LogP contribution in [0.1, 0.15) is 29.8 Å². The highest BCUT2D eigenvalue weighted by Crippen LogP contribution is 2.26. The van der Waals surface area contributed by atoms with Gasteiger partial charge in [0.15, 0.2) is 5.79 Å². The minimum atomic E-state index is -0.998. The lowest BCUT2D eigenvalue weighted by Crippen LogP contribution is -2.25. The molecule has 1 aromatic rings. The molecule has 0 amide bonds. The smallest absolute Gasteiger partial charge is 0.339 e. The zero-order valence-electron chi connectivity index (χ0n) is 11.3. The van der Waals surface area contributed by atoms with Gasteiger partial charge in [-0.3, -0.25) is 0 Å². The molecule has 2 rings (SSSR count). The van der Waals surface area contributed by atoms with Crippen molar-refractivity contribution in [3.63, 3.8) is 0 Å². The van der Waals surface area contributed by atoms with Gasteiger partial charge < -0.3 is 19.3 Å². The average Bonchev–Trinajstić information content (AvgIpc) is 2.67. The maximum absolute atomic E-state index is 11.1. The van der Waals surface area contributed by atoms with Crippen molar-refractivity contribution in [1.82, 2.24) is 0 Å². The molecule has 104 valence electrons. The highest BCUT2D eigenvalue weighted by molar-refractivity contribution is 5.91. The first kappa shape index (κ1) is 13.8. The van der Waals surface area contributed by atoms with Crippen LogP contribution < -0.4 is 4.74 Å². The average molecular weight is 266 g/mol. The Morgan fingerprint density at radius 3 is 2.84 bits per heavy atom. The highest BCUT2D eigenvalue weighted by Gasteiger charge is 2.33. The number of hydrogen-bond donors (Lipinski definition) is 1. The van der Waals surface area contributed by atoms with Gasteiger partial charge in [0.25, 0.3) is 0 Å². The van der Waals surface area contributed by atoms with Crippen LogP contribution in [0.25, 0.3) is 0 Å². The van der Waals surface area contributed by atoms with E-state index in [0.717, 1.165) is 5.56 Å². The Balaban J connectivity index is 2.06. The SMILES string of the molecule is Cc1cccc(C(=O)O)c1OC[C@H]1COC(C)(C)O1. The Hall–Kier alpha value is -1.59. The predicted molar refractivity (Wildman–Crippen MR) is 68.5 cm³/mol. The van der Waals surface area contributed by atoms with Gasteiger partial charge in [-0.15, -0.1) is 0 Å². The first-order valence-electron chi connectivity index (χ1n) is 6.16. The van der Waals surface area contributed by atoms with Crippen LogP contribution in [0.5, 0.6) is 5.75 Å². The van der Waals surface area contributed by atoms with E-state index in [1.54, 1.807) is 6.07 Å². The molecule has 0 spiro atoms. The van der Waals surface area contributed by atoms with Crippen molar-refractivity contribution in [3.8, 4) is 5.75 Å². The van der Waals surface area contributed by atoms with Crippen LogP contribution in [0.4, 0.5) is 0 Å². The molecule has 1 heterocycles. The summed E-state index contributed by atoms with van der Waals surface area (Å²) in [7, 11) is 0. The molecule has 0 bridgehead atoms. The summed E-state index contributed by atoms with van der Waals surface area (Å²) in [5, 5.41) is 9.13. The number of para-hydroxylation sites is 1. The summed E-state index contributed by atoms with van der Waals surface area (Å²) in [6.07, 6.45) is -0.184.